The van der Waals surface area contributed by atoms with Crippen LogP contribution in [0.3, 0.4) is 0 Å². The molecule has 1 aromatic heterocycles. The first-order chi connectivity index (χ1) is 19.8. The van der Waals surface area contributed by atoms with E-state index in [-0.39, 0.29) is 34.9 Å². The first kappa shape index (κ1) is 26.6. The zero-order chi connectivity index (χ0) is 28.3. The van der Waals surface area contributed by atoms with E-state index >= 15 is 0 Å². The predicted octanol–water partition coefficient (Wildman–Crippen LogP) is 4.72. The number of piperidine rings is 2. The zero-order valence-electron chi connectivity index (χ0n) is 23.8. The number of carbonyl (C=O) groups excluding carboxylic acids is 2. The Labute approximate surface area is 240 Å². The fourth-order valence-electron chi connectivity index (χ4n) is 8.46. The number of nitrogens with two attached hydrogens (primary N) is 1. The summed E-state index contributed by atoms with van der Waals surface area (Å²) < 4.78 is 16.9. The average Bonchev–Trinajstić information content (AvgIpc) is 3.65. The van der Waals surface area contributed by atoms with Crippen molar-refractivity contribution in [3.8, 4) is 0 Å². The maximum absolute atomic E-state index is 14.5. The normalized spacial score (nSPS) is 29.1. The molecule has 4 atom stereocenters. The number of carbonyl (C=O) groups is 2. The molecule has 216 valence electrons. The second kappa shape index (κ2) is 10.2. The summed E-state index contributed by atoms with van der Waals surface area (Å²) in [7, 11) is 0. The molecule has 0 radical (unpaired) electrons. The second-order valence-electron chi connectivity index (χ2n) is 13.0. The van der Waals surface area contributed by atoms with Crippen LogP contribution in [-0.4, -0.2) is 62.9 Å². The fraction of sp³-hybridized carbons (Fsp3) is 0.545. The minimum atomic E-state index is -0.371. The average molecular weight is 558 g/mol. The largest absolute Gasteiger partial charge is 0.369 e. The maximum atomic E-state index is 14.5. The van der Waals surface area contributed by atoms with Gasteiger partial charge in [-0.05, 0) is 100 Å². The van der Waals surface area contributed by atoms with Gasteiger partial charge in [0.15, 0.2) is 0 Å². The van der Waals surface area contributed by atoms with Crippen LogP contribution in [0.5, 0.6) is 0 Å². The number of fused-ring (bicyclic) bond motifs is 3. The Morgan fingerprint density at radius 1 is 0.976 bits per heavy atom. The van der Waals surface area contributed by atoms with E-state index in [0.29, 0.717) is 37.6 Å². The highest BCUT2D eigenvalue weighted by Crippen LogP contribution is 2.46. The fourth-order valence-corrected chi connectivity index (χ4v) is 8.46. The molecule has 4 aliphatic rings. The maximum Gasteiger partial charge on any atom is 0.226 e. The minimum Gasteiger partial charge on any atom is -0.369 e. The van der Waals surface area contributed by atoms with Crippen LogP contribution in [0.4, 0.5) is 4.39 Å². The van der Waals surface area contributed by atoms with E-state index in [1.54, 1.807) is 6.07 Å². The van der Waals surface area contributed by atoms with Crippen molar-refractivity contribution in [2.24, 2.45) is 17.6 Å². The summed E-state index contributed by atoms with van der Waals surface area (Å²) in [5.41, 5.74) is 8.64. The molecule has 3 aromatic rings. The molecule has 2 bridgehead atoms. The Bertz CT molecular complexity index is 1460. The molecule has 3 saturated heterocycles. The molecule has 4 fully saturated rings. The third-order valence-corrected chi connectivity index (χ3v) is 10.8. The summed E-state index contributed by atoms with van der Waals surface area (Å²) in [4.78, 5) is 34.1. The van der Waals surface area contributed by atoms with Crippen LogP contribution in [0.1, 0.15) is 68.8 Å². The third-order valence-electron chi connectivity index (χ3n) is 10.8. The van der Waals surface area contributed by atoms with Gasteiger partial charge in [0.1, 0.15) is 11.6 Å². The number of rotatable bonds is 7. The Kier molecular flexibility index (Phi) is 6.64. The number of nitrogens with zero attached hydrogens (tertiary/aromatic N) is 4. The molecule has 4 heterocycles. The first-order valence-electron chi connectivity index (χ1n) is 15.4. The number of hydrogen-bond acceptors (Lipinski definition) is 4. The van der Waals surface area contributed by atoms with E-state index in [0.717, 1.165) is 55.6 Å². The van der Waals surface area contributed by atoms with Crippen molar-refractivity contribution in [2.45, 2.75) is 81.8 Å². The van der Waals surface area contributed by atoms with Crippen molar-refractivity contribution in [1.82, 2.24) is 19.4 Å². The van der Waals surface area contributed by atoms with Crippen molar-refractivity contribution < 1.29 is 14.0 Å². The van der Waals surface area contributed by atoms with Crippen LogP contribution < -0.4 is 5.73 Å². The highest BCUT2D eigenvalue weighted by molar-refractivity contribution is 5.91. The van der Waals surface area contributed by atoms with Gasteiger partial charge in [0.05, 0.1) is 22.9 Å². The summed E-state index contributed by atoms with van der Waals surface area (Å²) in [6.45, 7) is 4.40. The first-order valence-corrected chi connectivity index (χ1v) is 15.4. The summed E-state index contributed by atoms with van der Waals surface area (Å²) >= 11 is 0. The van der Waals surface area contributed by atoms with Crippen molar-refractivity contribution in [1.29, 1.82) is 0 Å². The quantitative estimate of drug-likeness (QED) is 0.456. The summed E-state index contributed by atoms with van der Waals surface area (Å²) in [6, 6.07) is 17.1. The van der Waals surface area contributed by atoms with Crippen LogP contribution in [0.25, 0.3) is 11.0 Å². The number of para-hydroxylation sites is 2. The van der Waals surface area contributed by atoms with Gasteiger partial charge in [0.2, 0.25) is 11.8 Å². The van der Waals surface area contributed by atoms with Gasteiger partial charge < -0.3 is 15.2 Å². The van der Waals surface area contributed by atoms with Crippen molar-refractivity contribution in [3.05, 3.63) is 65.7 Å². The molecule has 2 aromatic carbocycles. The van der Waals surface area contributed by atoms with Crippen molar-refractivity contribution in [3.63, 3.8) is 0 Å². The number of hydrogen-bond donors (Lipinski definition) is 1. The van der Waals surface area contributed by atoms with Crippen LogP contribution in [0.15, 0.2) is 48.5 Å². The van der Waals surface area contributed by atoms with Gasteiger partial charge in [-0.2, -0.15) is 0 Å². The van der Waals surface area contributed by atoms with Gasteiger partial charge in [0.25, 0.3) is 0 Å². The van der Waals surface area contributed by atoms with E-state index in [1.807, 2.05) is 11.0 Å². The molecule has 2 amide bonds. The lowest BCUT2D eigenvalue weighted by Crippen LogP contribution is -2.49. The lowest BCUT2D eigenvalue weighted by atomic mass is 9.70. The lowest BCUT2D eigenvalue weighted by molar-refractivity contribution is -0.136. The zero-order valence-corrected chi connectivity index (χ0v) is 23.8. The van der Waals surface area contributed by atoms with Crippen LogP contribution in [0, 0.1) is 24.6 Å². The molecule has 0 spiro atoms. The standard InChI is InChI=1S/C33H40FN5O2/c1-21-36-29-7-2-3-8-30(29)39(21)26-18-24-9-10-25(19-26)38(24)16-13-33(22-5-4-6-23(34)17-22)11-14-37(15-12-33)32(41)28-20-27(28)31(35)40/h2-8,17,24-28H,9-16,18-20H2,1H3,(H2,35,40). The molecular weight excluding hydrogens is 517 g/mol. The van der Waals surface area contributed by atoms with E-state index in [9.17, 15) is 14.0 Å². The van der Waals surface area contributed by atoms with Gasteiger partial charge in [-0.25, -0.2) is 9.37 Å². The number of primary amides is 1. The van der Waals surface area contributed by atoms with Crippen LogP contribution >= 0.6 is 0 Å². The van der Waals surface area contributed by atoms with E-state index < -0.39 is 0 Å². The summed E-state index contributed by atoms with van der Waals surface area (Å²) in [5.74, 6) is 0.0332. The molecule has 4 unspecified atom stereocenters. The van der Waals surface area contributed by atoms with Gasteiger partial charge in [-0.15, -0.1) is 0 Å². The van der Waals surface area contributed by atoms with E-state index in [4.69, 9.17) is 10.7 Å². The Morgan fingerprint density at radius 2 is 1.71 bits per heavy atom. The lowest BCUT2D eigenvalue weighted by Gasteiger charge is -2.45. The summed E-state index contributed by atoms with van der Waals surface area (Å²) in [6.07, 6.45) is 7.87. The Hall–Kier alpha value is -3.26. The third kappa shape index (κ3) is 4.74. The second-order valence-corrected chi connectivity index (χ2v) is 13.0. The number of aromatic nitrogens is 2. The van der Waals surface area contributed by atoms with E-state index in [2.05, 4.69) is 46.7 Å². The number of benzene rings is 2. The number of aryl methyl sites for hydroxylation is 1. The minimum absolute atomic E-state index is 0.0593. The monoisotopic (exact) mass is 557 g/mol. The van der Waals surface area contributed by atoms with Gasteiger partial charge >= 0.3 is 0 Å². The SMILES string of the molecule is Cc1nc2ccccc2n1C1CC2CCC(C1)N2CCC1(c2cccc(F)c2)CCN(C(=O)C2CC2C(N)=O)CC1. The summed E-state index contributed by atoms with van der Waals surface area (Å²) in [5, 5.41) is 0. The molecule has 41 heavy (non-hydrogen) atoms. The highest BCUT2D eigenvalue weighted by Gasteiger charge is 2.50. The van der Waals surface area contributed by atoms with E-state index in [1.165, 1.54) is 24.4 Å². The van der Waals surface area contributed by atoms with Gasteiger partial charge in [-0.1, -0.05) is 24.3 Å². The number of amides is 2. The predicted molar refractivity (Wildman–Crippen MR) is 156 cm³/mol. The molecule has 7 rings (SSSR count). The molecule has 7 nitrogen and oxygen atoms in total. The highest BCUT2D eigenvalue weighted by atomic mass is 19.1. The van der Waals surface area contributed by atoms with Gasteiger partial charge in [0, 0.05) is 31.2 Å². The molecular formula is C33H40FN5O2. The molecule has 1 saturated carbocycles. The number of halogens is 1. The Balaban J connectivity index is 1.06. The topological polar surface area (TPSA) is 84.5 Å². The van der Waals surface area contributed by atoms with Crippen LogP contribution in [-0.2, 0) is 15.0 Å². The van der Waals surface area contributed by atoms with Crippen LogP contribution in [0.2, 0.25) is 0 Å². The smallest absolute Gasteiger partial charge is 0.226 e. The van der Waals surface area contributed by atoms with Crippen molar-refractivity contribution in [2.75, 3.05) is 19.6 Å². The molecule has 3 aliphatic heterocycles. The molecule has 1 aliphatic carbocycles. The van der Waals surface area contributed by atoms with Gasteiger partial charge in [-0.3, -0.25) is 14.5 Å². The number of imidazole rings is 1. The molecule has 8 heteroatoms. The van der Waals surface area contributed by atoms with Crippen molar-refractivity contribution >= 4 is 22.8 Å². The number of likely N-dealkylation sites (tertiary alicyclic amines) is 1. The Morgan fingerprint density at radius 3 is 2.39 bits per heavy atom. The molecule has 2 N–H and O–H groups in total.